The molecule has 0 aliphatic rings. The summed E-state index contributed by atoms with van der Waals surface area (Å²) in [6.45, 7) is -0.575. The topological polar surface area (TPSA) is 409 Å². The Hall–Kier alpha value is -1.91. The Morgan fingerprint density at radius 3 is 1.76 bits per heavy atom. The average molecular weight is 1050 g/mol. The Morgan fingerprint density at radius 1 is 0.636 bits per heavy atom. The quantitative estimate of drug-likeness (QED) is 0.0120. The van der Waals surface area contributed by atoms with Crippen LogP contribution in [0.4, 0.5) is 50.4 Å². The smallest absolute Gasteiger partial charge is 0.744 e. The molecule has 0 saturated carbocycles. The number of sulfone groups is 1. The van der Waals surface area contributed by atoms with E-state index in [0.29, 0.717) is 12.1 Å². The summed E-state index contributed by atoms with van der Waals surface area (Å²) in [4.78, 5) is 7.18. The van der Waals surface area contributed by atoms with Crippen molar-refractivity contribution in [2.24, 2.45) is 20.5 Å². The van der Waals surface area contributed by atoms with E-state index in [4.69, 9.17) is 0 Å². The molecule has 5 rings (SSSR count). The Bertz CT molecular complexity index is 3020. The minimum atomic E-state index is -5.43. The number of phenols is 2. The third-order valence-corrected chi connectivity index (χ3v) is 11.9. The Balaban J connectivity index is 0.00000845. The fourth-order valence-corrected chi connectivity index (χ4v) is 7.98. The van der Waals surface area contributed by atoms with E-state index in [1.165, 1.54) is 18.2 Å². The number of nitrogens with zero attached hydrogens (tertiary/aromatic N) is 7. The van der Waals surface area contributed by atoms with Crippen LogP contribution in [0, 0.1) is 6.08 Å². The molecule has 5 aromatic rings. The maximum absolute atomic E-state index is 14.4. The van der Waals surface area contributed by atoms with E-state index in [9.17, 15) is 67.2 Å². The van der Waals surface area contributed by atoms with Crippen molar-refractivity contribution in [3.05, 3.63) is 78.9 Å². The zero-order chi connectivity index (χ0) is 44.8. The Morgan fingerprint density at radius 2 is 1.18 bits per heavy atom. The van der Waals surface area contributed by atoms with Crippen molar-refractivity contribution < 1.29 is 199 Å². The first-order valence-electron chi connectivity index (χ1n) is 15.6. The maximum atomic E-state index is 14.4. The van der Waals surface area contributed by atoms with Crippen LogP contribution >= 0.6 is 12.3 Å². The number of anilines is 4. The zero-order valence-corrected chi connectivity index (χ0v) is 45.5. The molecule has 0 fully saturated rings. The molecule has 4 aromatic carbocycles. The molecule has 26 nitrogen and oxygen atoms in total. The summed E-state index contributed by atoms with van der Waals surface area (Å²) >= 11 is 0.0146. The van der Waals surface area contributed by atoms with Crippen LogP contribution in [0.15, 0.2) is 113 Å². The van der Waals surface area contributed by atoms with E-state index < -0.39 is 124 Å². The minimum absolute atomic E-state index is 0. The van der Waals surface area contributed by atoms with Gasteiger partial charge in [-0.05, 0) is 48.5 Å². The van der Waals surface area contributed by atoms with Crippen LogP contribution in [0.1, 0.15) is 7.43 Å². The van der Waals surface area contributed by atoms with Crippen LogP contribution in [-0.2, 0) is 53.7 Å². The van der Waals surface area contributed by atoms with Crippen molar-refractivity contribution in [3.63, 3.8) is 0 Å². The Kier molecular flexibility index (Phi) is 26.7. The van der Waals surface area contributed by atoms with Gasteiger partial charge in [0.2, 0.25) is 11.9 Å². The van der Waals surface area contributed by atoms with Crippen molar-refractivity contribution in [2.45, 2.75) is 27.0 Å². The first kappa shape index (κ1) is 64.1. The average Bonchev–Trinajstić information content (AvgIpc) is 3.16. The summed E-state index contributed by atoms with van der Waals surface area (Å²) in [6.07, 6.45) is -1.41. The maximum Gasteiger partial charge on any atom is 1.00 e. The van der Waals surface area contributed by atoms with Gasteiger partial charge in [-0.25, -0.2) is 33.7 Å². The molecular formula is C30H24FN9Na4O17S5. The van der Waals surface area contributed by atoms with Gasteiger partial charge in [-0.1, -0.05) is 19.6 Å². The van der Waals surface area contributed by atoms with E-state index in [1.807, 2.05) is 0 Å². The van der Waals surface area contributed by atoms with Gasteiger partial charge in [0.15, 0.2) is 22.2 Å². The monoisotopic (exact) mass is 1050 g/mol. The normalized spacial score (nSPS) is 11.7. The van der Waals surface area contributed by atoms with Crippen LogP contribution in [0.3, 0.4) is 0 Å². The molecule has 0 aliphatic carbocycles. The van der Waals surface area contributed by atoms with Crippen molar-refractivity contribution in [1.29, 1.82) is 0 Å². The second-order valence-electron chi connectivity index (χ2n) is 11.2. The predicted molar refractivity (Wildman–Crippen MR) is 202 cm³/mol. The van der Waals surface area contributed by atoms with Crippen molar-refractivity contribution >= 4 is 98.5 Å². The molecule has 0 saturated heterocycles. The number of aromatic nitrogens is 3. The van der Waals surface area contributed by atoms with E-state index >= 15 is 0 Å². The molecule has 332 valence electrons. The first-order chi connectivity index (χ1) is 28.5. The SMILES string of the molecule is C.O=S(=O)([O-])c1ccc(Nc2nc(F)nc(Nc3ccccc3S(=O)(=O)[O-])n2)cc1N=Nc1cc(N=Nc2ccc(S(=O)(=O)CCOSOO[O-])cc2S(=O)(=O)[O-])c(O)cc1O.[Na+].[Na+].[Na+].[Na+]. The summed E-state index contributed by atoms with van der Waals surface area (Å²) in [7, 11) is -20.0. The number of hydrogen-bond acceptors (Lipinski definition) is 27. The molecular weight excluding hydrogens is 1030 g/mol. The third kappa shape index (κ3) is 18.1. The van der Waals surface area contributed by atoms with Crippen LogP contribution in [0.25, 0.3) is 0 Å². The summed E-state index contributed by atoms with van der Waals surface area (Å²) in [5.41, 5.74) is -3.06. The number of aromatic hydroxyl groups is 2. The largest absolute Gasteiger partial charge is 1.00 e. The molecule has 0 aliphatic heterocycles. The van der Waals surface area contributed by atoms with Crippen molar-refractivity contribution in [1.82, 2.24) is 15.0 Å². The molecule has 0 bridgehead atoms. The molecule has 0 radical (unpaired) electrons. The van der Waals surface area contributed by atoms with Gasteiger partial charge in [0.25, 0.3) is 0 Å². The van der Waals surface area contributed by atoms with Gasteiger partial charge in [0, 0.05) is 17.8 Å². The first-order valence-corrected chi connectivity index (χ1v) is 22.2. The van der Waals surface area contributed by atoms with Gasteiger partial charge < -0.3 is 39.8 Å². The number of para-hydroxylation sites is 1. The molecule has 66 heavy (non-hydrogen) atoms. The zero-order valence-electron chi connectivity index (χ0n) is 33.4. The van der Waals surface area contributed by atoms with Crippen LogP contribution in [-0.4, -0.2) is 84.9 Å². The number of benzene rings is 4. The third-order valence-electron chi connectivity index (χ3n) is 7.20. The Labute approximate surface area is 467 Å². The number of azo groups is 2. The van der Waals surface area contributed by atoms with E-state index in [1.54, 1.807) is 0 Å². The molecule has 0 atom stereocenters. The van der Waals surface area contributed by atoms with Gasteiger partial charge in [0.1, 0.15) is 64.6 Å². The van der Waals surface area contributed by atoms with E-state index in [-0.39, 0.29) is 149 Å². The van der Waals surface area contributed by atoms with Gasteiger partial charge in [-0.15, -0.1) is 24.8 Å². The van der Waals surface area contributed by atoms with Gasteiger partial charge in [0.05, 0.1) is 37.6 Å². The van der Waals surface area contributed by atoms with Gasteiger partial charge >= 0.3 is 124 Å². The van der Waals surface area contributed by atoms with Crippen molar-refractivity contribution in [3.8, 4) is 11.5 Å². The summed E-state index contributed by atoms with van der Waals surface area (Å²) in [5.74, 6) is -3.58. The second kappa shape index (κ2) is 27.5. The summed E-state index contributed by atoms with van der Waals surface area (Å²) in [5, 5.41) is 53.1. The molecule has 4 N–H and O–H groups in total. The minimum Gasteiger partial charge on any atom is -0.744 e. The fraction of sp³-hybridized carbons (Fsp3) is 0.100. The van der Waals surface area contributed by atoms with Gasteiger partial charge in [-0.2, -0.15) is 19.3 Å². The predicted octanol–water partition coefficient (Wildman–Crippen LogP) is -8.32. The molecule has 0 spiro atoms. The van der Waals surface area contributed by atoms with Crippen LogP contribution in [0.2, 0.25) is 0 Å². The molecule has 0 unspecified atom stereocenters. The van der Waals surface area contributed by atoms with Gasteiger partial charge in [-0.3, -0.25) is 9.22 Å². The number of halogens is 1. The fourth-order valence-electron chi connectivity index (χ4n) is 4.61. The van der Waals surface area contributed by atoms with Crippen LogP contribution in [0.5, 0.6) is 11.5 Å². The molecule has 0 amide bonds. The standard InChI is InChI=1S/C29H24FN9O17S5.CH4.4Na/c30-27-33-28(35-29(34-27)32-17-3-1-2-4-24(17)59(45,46)47)31-15-5-8-25(60(48,49)50)21(11-15)39-38-20-13-19(22(40)14-23(20)41)37-36-18-7-6-16(12-26(18)61(51,52)53)58(43,44)10-9-54-57-56-55-42;;;;;/h1-8,11-14,40-42H,9-10H2,(H,45,46,47)(H,48,49,50)(H,51,52,53)(H2,31,32,33,34,35);1H4;;;;/q;;4*+1/p-4. The van der Waals surface area contributed by atoms with E-state index in [0.717, 1.165) is 42.5 Å². The second-order valence-corrected chi connectivity index (χ2v) is 17.9. The van der Waals surface area contributed by atoms with Crippen LogP contribution < -0.4 is 134 Å². The number of hydrogen-bond donors (Lipinski definition) is 4. The molecule has 1 aromatic heterocycles. The van der Waals surface area contributed by atoms with Crippen molar-refractivity contribution in [2.75, 3.05) is 23.0 Å². The number of nitrogens with one attached hydrogen (secondary N) is 2. The van der Waals surface area contributed by atoms with E-state index in [2.05, 4.69) is 59.6 Å². The summed E-state index contributed by atoms with van der Waals surface area (Å²) in [6, 6.07) is 11.0. The molecule has 36 heteroatoms. The molecule has 1 heterocycles. The summed E-state index contributed by atoms with van der Waals surface area (Å²) < 4.78 is 155. The number of rotatable bonds is 18. The number of phenolic OH excluding ortho intramolecular Hbond substituents is 2.